The maximum atomic E-state index is 13.9. The smallest absolute Gasteiger partial charge is 0.416 e. The minimum absolute atomic E-state index is 0.0616. The largest absolute Gasteiger partial charge is 0.489 e. The number of nitrogens with one attached hydrogen (secondary N) is 1. The molecule has 6 rings (SSSR count). The SMILES string of the molecule is O=C(O)[C@H](Cc1ccc(-c2ccccc2)cc1)NC(=O)[C@@H]1Cc2ccc(OCc3cc(C(F)(F)F)ccc3Cl)cc2CN1C(=O)CC1CCCC1. The number of fused-ring (bicyclic) bond motifs is 1. The molecule has 4 aromatic rings. The summed E-state index contributed by atoms with van der Waals surface area (Å²) < 4.78 is 45.7. The lowest BCUT2D eigenvalue weighted by atomic mass is 9.91. The number of aliphatic carboxylic acids is 1. The Morgan fingerprint density at radius 2 is 1.61 bits per heavy atom. The predicted molar refractivity (Wildman–Crippen MR) is 187 cm³/mol. The third-order valence-electron chi connectivity index (χ3n) is 9.75. The van der Waals surface area contributed by atoms with Gasteiger partial charge in [-0.15, -0.1) is 0 Å². The minimum atomic E-state index is -4.53. The number of carboxylic acids is 1. The number of alkyl halides is 3. The molecule has 4 aromatic carbocycles. The third kappa shape index (κ3) is 8.92. The Hall–Kier alpha value is -4.83. The summed E-state index contributed by atoms with van der Waals surface area (Å²) in [5, 5.41) is 13.0. The van der Waals surface area contributed by atoms with Gasteiger partial charge in [0.25, 0.3) is 0 Å². The highest BCUT2D eigenvalue weighted by atomic mass is 35.5. The Bertz CT molecular complexity index is 1880. The molecule has 7 nitrogen and oxygen atoms in total. The number of ether oxygens (including phenoxy) is 1. The summed E-state index contributed by atoms with van der Waals surface area (Å²) >= 11 is 6.16. The molecule has 1 aliphatic heterocycles. The predicted octanol–water partition coefficient (Wildman–Crippen LogP) is 8.25. The molecule has 0 bridgehead atoms. The van der Waals surface area contributed by atoms with E-state index in [1.54, 1.807) is 18.2 Å². The molecule has 1 heterocycles. The van der Waals surface area contributed by atoms with Crippen molar-refractivity contribution in [3.63, 3.8) is 0 Å². The summed E-state index contributed by atoms with van der Waals surface area (Å²) in [5.74, 6) is -1.32. The van der Waals surface area contributed by atoms with Gasteiger partial charge in [0.15, 0.2) is 0 Å². The fraction of sp³-hybridized carbons (Fsp3) is 0.325. The molecular weight excluding hydrogens is 681 g/mol. The third-order valence-corrected chi connectivity index (χ3v) is 10.1. The van der Waals surface area contributed by atoms with Crippen LogP contribution in [0.5, 0.6) is 5.75 Å². The van der Waals surface area contributed by atoms with Gasteiger partial charge in [0.1, 0.15) is 24.4 Å². The van der Waals surface area contributed by atoms with Crippen molar-refractivity contribution in [3.05, 3.63) is 124 Å². The van der Waals surface area contributed by atoms with Crippen LogP contribution < -0.4 is 10.1 Å². The first-order valence-electron chi connectivity index (χ1n) is 17.0. The number of halogens is 4. The summed E-state index contributed by atoms with van der Waals surface area (Å²) in [5.41, 5.74) is 3.63. The van der Waals surface area contributed by atoms with Crippen LogP contribution in [-0.2, 0) is 46.6 Å². The van der Waals surface area contributed by atoms with Crippen molar-refractivity contribution in [1.29, 1.82) is 0 Å². The van der Waals surface area contributed by atoms with Crippen molar-refractivity contribution in [2.24, 2.45) is 5.92 Å². The van der Waals surface area contributed by atoms with Crippen molar-refractivity contribution >= 4 is 29.4 Å². The van der Waals surface area contributed by atoms with Gasteiger partial charge < -0.3 is 20.1 Å². The van der Waals surface area contributed by atoms with Crippen LogP contribution in [0.3, 0.4) is 0 Å². The van der Waals surface area contributed by atoms with Crippen LogP contribution in [0.15, 0.2) is 91.0 Å². The van der Waals surface area contributed by atoms with Crippen LogP contribution in [0.2, 0.25) is 5.02 Å². The lowest BCUT2D eigenvalue weighted by molar-refractivity contribution is -0.145. The molecule has 1 aliphatic carbocycles. The first kappa shape index (κ1) is 36.0. The average molecular weight is 719 g/mol. The van der Waals surface area contributed by atoms with Crippen molar-refractivity contribution in [3.8, 4) is 16.9 Å². The molecule has 1 fully saturated rings. The molecule has 2 N–H and O–H groups in total. The first-order valence-corrected chi connectivity index (χ1v) is 17.4. The summed E-state index contributed by atoms with van der Waals surface area (Å²) in [7, 11) is 0. The van der Waals surface area contributed by atoms with Gasteiger partial charge in [-0.05, 0) is 76.9 Å². The molecule has 2 amide bonds. The molecule has 0 aromatic heterocycles. The zero-order chi connectivity index (χ0) is 36.1. The van der Waals surface area contributed by atoms with Crippen molar-refractivity contribution in [1.82, 2.24) is 10.2 Å². The van der Waals surface area contributed by atoms with Gasteiger partial charge in [-0.3, -0.25) is 9.59 Å². The molecule has 2 atom stereocenters. The fourth-order valence-electron chi connectivity index (χ4n) is 6.92. The molecule has 51 heavy (non-hydrogen) atoms. The van der Waals surface area contributed by atoms with E-state index in [9.17, 15) is 32.7 Å². The van der Waals surface area contributed by atoms with Crippen molar-refractivity contribution in [2.45, 2.75) is 76.4 Å². The quantitative estimate of drug-likeness (QED) is 0.163. The number of nitrogens with zero attached hydrogens (tertiary/aromatic N) is 1. The van der Waals surface area contributed by atoms with E-state index in [0.717, 1.165) is 65.6 Å². The Kier molecular flexibility index (Phi) is 11.0. The molecule has 266 valence electrons. The van der Waals surface area contributed by atoms with Gasteiger partial charge in [0.05, 0.1) is 5.56 Å². The van der Waals surface area contributed by atoms with Crippen LogP contribution in [0.25, 0.3) is 11.1 Å². The number of amides is 2. The second-order valence-corrected chi connectivity index (χ2v) is 13.7. The van der Waals surface area contributed by atoms with Gasteiger partial charge in [-0.2, -0.15) is 13.2 Å². The van der Waals surface area contributed by atoms with Crippen LogP contribution in [0.4, 0.5) is 13.2 Å². The highest BCUT2D eigenvalue weighted by Gasteiger charge is 2.37. The maximum absolute atomic E-state index is 13.9. The normalized spacial score (nSPS) is 16.7. The van der Waals surface area contributed by atoms with Crippen molar-refractivity contribution in [2.75, 3.05) is 0 Å². The van der Waals surface area contributed by atoms with E-state index < -0.39 is 35.7 Å². The summed E-state index contributed by atoms with van der Waals surface area (Å²) in [6.07, 6.45) is -0.0373. The highest BCUT2D eigenvalue weighted by molar-refractivity contribution is 6.31. The van der Waals surface area contributed by atoms with E-state index in [1.165, 1.54) is 11.0 Å². The average Bonchev–Trinajstić information content (AvgIpc) is 3.63. The lowest BCUT2D eigenvalue weighted by Crippen LogP contribution is -2.56. The summed E-state index contributed by atoms with van der Waals surface area (Å²) in [4.78, 5) is 41.5. The van der Waals surface area contributed by atoms with E-state index >= 15 is 0 Å². The molecule has 1 saturated carbocycles. The van der Waals surface area contributed by atoms with E-state index in [4.69, 9.17) is 16.3 Å². The number of hydrogen-bond acceptors (Lipinski definition) is 4. The number of hydrogen-bond donors (Lipinski definition) is 2. The zero-order valence-electron chi connectivity index (χ0n) is 27.8. The molecule has 0 radical (unpaired) electrons. The highest BCUT2D eigenvalue weighted by Crippen LogP contribution is 2.34. The first-order chi connectivity index (χ1) is 24.4. The summed E-state index contributed by atoms with van der Waals surface area (Å²) in [6, 6.07) is 23.4. The standard InChI is InChI=1S/C40H38ClF3N2O5/c41-34-17-15-32(40(42,43)44)20-31(34)24-51-33-16-14-29-22-36(46(23-30(29)21-33)37(47)19-25-6-4-5-7-25)38(48)45-35(39(49)50)18-26-10-12-28(13-11-26)27-8-2-1-3-9-27/h1-3,8-17,20-21,25,35-36H,4-7,18-19,22-24H2,(H,45,48)(H,49,50)/t35-,36-/m0/s1. The topological polar surface area (TPSA) is 95.9 Å². The zero-order valence-corrected chi connectivity index (χ0v) is 28.6. The Balaban J connectivity index is 1.18. The molecule has 2 aliphatic rings. The van der Waals surface area contributed by atoms with Crippen molar-refractivity contribution < 1.29 is 37.4 Å². The van der Waals surface area contributed by atoms with Crippen LogP contribution in [0, 0.1) is 5.92 Å². The summed E-state index contributed by atoms with van der Waals surface area (Å²) in [6.45, 7) is -0.109. The van der Waals surface area contributed by atoms with Crippen LogP contribution in [-0.4, -0.2) is 39.9 Å². The van der Waals surface area contributed by atoms with Gasteiger partial charge in [-0.25, -0.2) is 4.79 Å². The lowest BCUT2D eigenvalue weighted by Gasteiger charge is -2.37. The maximum Gasteiger partial charge on any atom is 0.416 e. The minimum Gasteiger partial charge on any atom is -0.489 e. The van der Waals surface area contributed by atoms with Gasteiger partial charge in [-0.1, -0.05) is 85.1 Å². The number of benzene rings is 4. The number of carbonyl (C=O) groups is 3. The molecule has 11 heteroatoms. The van der Waals surface area contributed by atoms with E-state index in [-0.39, 0.29) is 48.4 Å². The van der Waals surface area contributed by atoms with Gasteiger partial charge >= 0.3 is 12.1 Å². The van der Waals surface area contributed by atoms with E-state index in [0.29, 0.717) is 12.2 Å². The second-order valence-electron chi connectivity index (χ2n) is 13.3. The second kappa shape index (κ2) is 15.6. The van der Waals surface area contributed by atoms with Crippen LogP contribution in [0.1, 0.15) is 59.9 Å². The monoisotopic (exact) mass is 718 g/mol. The molecular formula is C40H38ClF3N2O5. The Labute approximate surface area is 299 Å². The van der Waals surface area contributed by atoms with E-state index in [1.807, 2.05) is 54.6 Å². The van der Waals surface area contributed by atoms with Gasteiger partial charge in [0.2, 0.25) is 11.8 Å². The number of carboxylic acid groups (broad SMARTS) is 1. The molecule has 0 saturated heterocycles. The van der Waals surface area contributed by atoms with Crippen LogP contribution >= 0.6 is 11.6 Å². The van der Waals surface area contributed by atoms with Gasteiger partial charge in [0, 0.05) is 36.4 Å². The number of rotatable bonds is 11. The Morgan fingerprint density at radius 3 is 2.29 bits per heavy atom. The van der Waals surface area contributed by atoms with E-state index in [2.05, 4.69) is 5.32 Å². The molecule has 0 spiro atoms. The molecule has 0 unspecified atom stereocenters. The Morgan fingerprint density at radius 1 is 0.902 bits per heavy atom. The number of carbonyl (C=O) groups excluding carboxylic acids is 2. The fourth-order valence-corrected chi connectivity index (χ4v) is 7.09.